The van der Waals surface area contributed by atoms with E-state index in [1.807, 2.05) is 0 Å². The molecule has 0 saturated heterocycles. The molecule has 0 fully saturated rings. The van der Waals surface area contributed by atoms with E-state index >= 15 is 0 Å². The van der Waals surface area contributed by atoms with Gasteiger partial charge in [-0.15, -0.1) is 11.3 Å². The number of esters is 1. The molecule has 0 saturated carbocycles. The predicted octanol–water partition coefficient (Wildman–Crippen LogP) is 3.71. The number of carbonyl (C=O) groups excluding carboxylic acids is 3. The first kappa shape index (κ1) is 20.4. The van der Waals surface area contributed by atoms with E-state index in [0.717, 1.165) is 11.3 Å². The Morgan fingerprint density at radius 3 is 2.15 bits per heavy atom. The monoisotopic (exact) mass is 391 g/mol. The molecule has 7 nitrogen and oxygen atoms in total. The lowest BCUT2D eigenvalue weighted by atomic mass is 10.1. The number of amides is 1. The Labute approximate surface area is 161 Å². The van der Waals surface area contributed by atoms with Crippen LogP contribution in [0.15, 0.2) is 18.2 Å². The van der Waals surface area contributed by atoms with E-state index in [0.29, 0.717) is 21.9 Å². The van der Waals surface area contributed by atoms with Crippen molar-refractivity contribution in [2.45, 2.75) is 20.8 Å². The number of hydrogen-bond acceptors (Lipinski definition) is 7. The molecule has 0 radical (unpaired) electrons. The molecule has 1 aromatic heterocycles. The van der Waals surface area contributed by atoms with Crippen molar-refractivity contribution in [2.24, 2.45) is 0 Å². The Morgan fingerprint density at radius 1 is 1.07 bits per heavy atom. The zero-order valence-electron chi connectivity index (χ0n) is 15.8. The number of benzene rings is 1. The number of ether oxygens (including phenoxy) is 3. The van der Waals surface area contributed by atoms with Crippen LogP contribution in [0.3, 0.4) is 0 Å². The number of methoxy groups -OCH3 is 2. The lowest BCUT2D eigenvalue weighted by Gasteiger charge is -2.10. The number of carbonyl (C=O) groups is 3. The number of ketones is 1. The lowest BCUT2D eigenvalue weighted by molar-refractivity contribution is 0.0527. The summed E-state index contributed by atoms with van der Waals surface area (Å²) in [5, 5.41) is 2.97. The van der Waals surface area contributed by atoms with E-state index < -0.39 is 11.9 Å². The molecule has 2 rings (SSSR count). The van der Waals surface area contributed by atoms with Crippen molar-refractivity contribution in [1.29, 1.82) is 0 Å². The van der Waals surface area contributed by atoms with Crippen LogP contribution >= 0.6 is 11.3 Å². The molecule has 1 amide bonds. The molecule has 0 atom stereocenters. The molecule has 2 aromatic rings. The summed E-state index contributed by atoms with van der Waals surface area (Å²) in [7, 11) is 2.97. The SMILES string of the molecule is CCOC(=O)c1c(NC(=O)c2cc(OC)cc(OC)c2)sc(C(C)=O)c1C. The Kier molecular flexibility index (Phi) is 6.57. The molecule has 0 aliphatic rings. The van der Waals surface area contributed by atoms with Gasteiger partial charge in [-0.2, -0.15) is 0 Å². The van der Waals surface area contributed by atoms with Gasteiger partial charge in [-0.25, -0.2) is 4.79 Å². The number of thiophene rings is 1. The summed E-state index contributed by atoms with van der Waals surface area (Å²) in [6.07, 6.45) is 0. The second-order valence-electron chi connectivity index (χ2n) is 5.59. The van der Waals surface area contributed by atoms with Crippen LogP contribution in [0.25, 0.3) is 0 Å². The Morgan fingerprint density at radius 2 is 1.67 bits per heavy atom. The Bertz CT molecular complexity index is 864. The number of rotatable bonds is 7. The molecular formula is C19H21NO6S. The van der Waals surface area contributed by atoms with Gasteiger partial charge in [-0.05, 0) is 38.5 Å². The van der Waals surface area contributed by atoms with Gasteiger partial charge in [0.25, 0.3) is 5.91 Å². The topological polar surface area (TPSA) is 90.9 Å². The molecule has 1 aromatic carbocycles. The fourth-order valence-corrected chi connectivity index (χ4v) is 3.59. The third kappa shape index (κ3) is 4.46. The molecule has 0 aliphatic heterocycles. The van der Waals surface area contributed by atoms with Gasteiger partial charge in [0.05, 0.1) is 31.3 Å². The molecule has 0 spiro atoms. The summed E-state index contributed by atoms with van der Waals surface area (Å²) in [6.45, 7) is 4.94. The van der Waals surface area contributed by atoms with Gasteiger partial charge in [-0.1, -0.05) is 0 Å². The molecule has 27 heavy (non-hydrogen) atoms. The van der Waals surface area contributed by atoms with Crippen molar-refractivity contribution in [3.63, 3.8) is 0 Å². The fourth-order valence-electron chi connectivity index (χ4n) is 2.50. The highest BCUT2D eigenvalue weighted by Crippen LogP contribution is 2.34. The third-order valence-electron chi connectivity index (χ3n) is 3.79. The molecule has 1 N–H and O–H groups in total. The highest BCUT2D eigenvalue weighted by atomic mass is 32.1. The second kappa shape index (κ2) is 8.68. The number of hydrogen-bond donors (Lipinski definition) is 1. The highest BCUT2D eigenvalue weighted by molar-refractivity contribution is 7.18. The Hall–Kier alpha value is -2.87. The molecule has 0 aliphatic carbocycles. The van der Waals surface area contributed by atoms with Gasteiger partial charge in [0.15, 0.2) is 5.78 Å². The van der Waals surface area contributed by atoms with Gasteiger partial charge in [0, 0.05) is 11.6 Å². The van der Waals surface area contributed by atoms with Crippen LogP contribution in [0.4, 0.5) is 5.00 Å². The van der Waals surface area contributed by atoms with Crippen LogP contribution in [0, 0.1) is 6.92 Å². The van der Waals surface area contributed by atoms with Crippen molar-refractivity contribution in [3.05, 3.63) is 39.8 Å². The maximum absolute atomic E-state index is 12.7. The van der Waals surface area contributed by atoms with Gasteiger partial charge < -0.3 is 19.5 Å². The van der Waals surface area contributed by atoms with E-state index in [2.05, 4.69) is 5.32 Å². The van der Waals surface area contributed by atoms with Crippen LogP contribution in [-0.4, -0.2) is 38.5 Å². The number of Topliss-reactive ketones (excluding diaryl/α,β-unsaturated/α-hetero) is 1. The van der Waals surface area contributed by atoms with E-state index in [1.54, 1.807) is 32.0 Å². The van der Waals surface area contributed by atoms with Crippen LogP contribution in [0.1, 0.15) is 49.8 Å². The quantitative estimate of drug-likeness (QED) is 0.572. The first-order chi connectivity index (χ1) is 12.8. The minimum atomic E-state index is -0.586. The molecule has 1 heterocycles. The average molecular weight is 391 g/mol. The van der Waals surface area contributed by atoms with Crippen LogP contribution in [0.5, 0.6) is 11.5 Å². The van der Waals surface area contributed by atoms with Crippen molar-refractivity contribution in [2.75, 3.05) is 26.1 Å². The normalized spacial score (nSPS) is 10.3. The van der Waals surface area contributed by atoms with Gasteiger partial charge in [-0.3, -0.25) is 9.59 Å². The van der Waals surface area contributed by atoms with Crippen molar-refractivity contribution < 1.29 is 28.6 Å². The van der Waals surface area contributed by atoms with Crippen molar-refractivity contribution in [3.8, 4) is 11.5 Å². The third-order valence-corrected chi connectivity index (χ3v) is 5.09. The zero-order chi connectivity index (χ0) is 20.1. The fraction of sp³-hybridized carbons (Fsp3) is 0.316. The van der Waals surface area contributed by atoms with E-state index in [-0.39, 0.29) is 28.5 Å². The lowest BCUT2D eigenvalue weighted by Crippen LogP contribution is -2.15. The van der Waals surface area contributed by atoms with Crippen LogP contribution in [-0.2, 0) is 4.74 Å². The first-order valence-corrected chi connectivity index (χ1v) is 8.99. The summed E-state index contributed by atoms with van der Waals surface area (Å²) in [6, 6.07) is 4.74. The molecule has 144 valence electrons. The van der Waals surface area contributed by atoms with Crippen LogP contribution < -0.4 is 14.8 Å². The molecule has 0 bridgehead atoms. The second-order valence-corrected chi connectivity index (χ2v) is 6.61. The average Bonchev–Trinajstić information content (AvgIpc) is 2.97. The van der Waals surface area contributed by atoms with E-state index in [9.17, 15) is 14.4 Å². The van der Waals surface area contributed by atoms with Gasteiger partial charge in [0.2, 0.25) is 0 Å². The van der Waals surface area contributed by atoms with Gasteiger partial charge in [0.1, 0.15) is 16.5 Å². The number of nitrogens with one attached hydrogen (secondary N) is 1. The molecule has 0 unspecified atom stereocenters. The van der Waals surface area contributed by atoms with Crippen molar-refractivity contribution in [1.82, 2.24) is 0 Å². The first-order valence-electron chi connectivity index (χ1n) is 8.18. The minimum Gasteiger partial charge on any atom is -0.497 e. The van der Waals surface area contributed by atoms with E-state index in [4.69, 9.17) is 14.2 Å². The smallest absolute Gasteiger partial charge is 0.341 e. The summed E-state index contributed by atoms with van der Waals surface area (Å²) in [4.78, 5) is 37.3. The number of anilines is 1. The predicted molar refractivity (Wildman–Crippen MR) is 103 cm³/mol. The highest BCUT2D eigenvalue weighted by Gasteiger charge is 2.25. The summed E-state index contributed by atoms with van der Waals surface area (Å²) < 4.78 is 15.4. The standard InChI is InChI=1S/C19H21NO6S/c1-6-26-19(23)15-10(2)16(11(3)21)27-18(15)20-17(22)12-7-13(24-4)9-14(8-12)25-5/h7-9H,6H2,1-5H3,(H,20,22). The molecule has 8 heteroatoms. The minimum absolute atomic E-state index is 0.185. The van der Waals surface area contributed by atoms with Gasteiger partial charge >= 0.3 is 5.97 Å². The van der Waals surface area contributed by atoms with Crippen LogP contribution in [0.2, 0.25) is 0 Å². The summed E-state index contributed by atoms with van der Waals surface area (Å²) >= 11 is 1.05. The zero-order valence-corrected chi connectivity index (χ0v) is 16.6. The van der Waals surface area contributed by atoms with E-state index in [1.165, 1.54) is 21.1 Å². The van der Waals surface area contributed by atoms with Crippen molar-refractivity contribution >= 4 is 34.0 Å². The maximum atomic E-state index is 12.7. The summed E-state index contributed by atoms with van der Waals surface area (Å²) in [5.74, 6) is -0.327. The maximum Gasteiger partial charge on any atom is 0.341 e. The summed E-state index contributed by atoms with van der Waals surface area (Å²) in [5.41, 5.74) is 0.969. The molecular weight excluding hydrogens is 370 g/mol. The Balaban J connectivity index is 2.44. The largest absolute Gasteiger partial charge is 0.497 e.